The molecule has 0 bridgehead atoms. The first kappa shape index (κ1) is 12.8. The molecule has 18 heavy (non-hydrogen) atoms. The number of halogens is 3. The summed E-state index contributed by atoms with van der Waals surface area (Å²) in [5, 5.41) is 2.22. The zero-order valence-corrected chi connectivity index (χ0v) is 9.48. The number of carbonyl (C=O) groups excluding carboxylic acids is 1. The van der Waals surface area contributed by atoms with E-state index in [1.165, 1.54) is 0 Å². The van der Waals surface area contributed by atoms with E-state index in [9.17, 15) is 17.7 Å². The molecular weight excluding hydrogens is 246 g/mol. The molecule has 98 valence electrons. The normalized spacial score (nSPS) is 22.4. The zero-order chi connectivity index (χ0) is 13.2. The molecule has 3 nitrogen and oxygen atoms in total. The average molecular weight is 258 g/mol. The molecule has 0 saturated heterocycles. The topological polar surface area (TPSA) is 38.3 Å². The van der Waals surface area contributed by atoms with E-state index in [0.29, 0.717) is 0 Å². The maximum Gasteiger partial charge on any atom is 0.483 e. The van der Waals surface area contributed by atoms with E-state index >= 15 is 0 Å². The van der Waals surface area contributed by atoms with Crippen LogP contribution in [0.4, 0.5) is 17.7 Å². The molecule has 7 heteroatoms. The Bertz CT molecular complexity index is 424. The first-order valence-electron chi connectivity index (χ1n) is 5.64. The van der Waals surface area contributed by atoms with Gasteiger partial charge in [0.25, 0.3) is 0 Å². The molecule has 0 radical (unpaired) electrons. The highest BCUT2D eigenvalue weighted by atomic mass is 19.4. The quantitative estimate of drug-likeness (QED) is 0.843. The van der Waals surface area contributed by atoms with Crippen LogP contribution in [0, 0.1) is 0 Å². The van der Waals surface area contributed by atoms with Crippen molar-refractivity contribution in [3.63, 3.8) is 0 Å². The van der Waals surface area contributed by atoms with Crippen LogP contribution in [0.3, 0.4) is 0 Å². The van der Waals surface area contributed by atoms with Crippen molar-refractivity contribution < 1.29 is 22.5 Å². The minimum absolute atomic E-state index is 0.0378. The Balaban J connectivity index is 1.71. The van der Waals surface area contributed by atoms with E-state index < -0.39 is 24.9 Å². The van der Waals surface area contributed by atoms with E-state index in [1.807, 2.05) is 6.07 Å². The van der Waals surface area contributed by atoms with Crippen molar-refractivity contribution in [2.75, 3.05) is 0 Å². The van der Waals surface area contributed by atoms with Crippen LogP contribution in [0.5, 0.6) is 0 Å². The molecule has 0 spiro atoms. The lowest BCUT2D eigenvalue weighted by Crippen LogP contribution is -2.30. The van der Waals surface area contributed by atoms with Crippen LogP contribution in [0.2, 0.25) is 5.82 Å². The Labute approximate surface area is 102 Å². The first-order chi connectivity index (χ1) is 8.47. The molecule has 1 aliphatic rings. The molecule has 1 aromatic carbocycles. The summed E-state index contributed by atoms with van der Waals surface area (Å²) < 4.78 is 41.6. The third-order valence-corrected chi connectivity index (χ3v) is 2.84. The van der Waals surface area contributed by atoms with Gasteiger partial charge in [0.15, 0.2) is 0 Å². The van der Waals surface area contributed by atoms with Crippen LogP contribution in [0.15, 0.2) is 30.3 Å². The molecule has 0 aromatic heterocycles. The number of carbonyl (C=O) groups is 1. The van der Waals surface area contributed by atoms with Gasteiger partial charge in [0.2, 0.25) is 0 Å². The molecule has 1 fully saturated rings. The Morgan fingerprint density at radius 1 is 1.33 bits per heavy atom. The van der Waals surface area contributed by atoms with Gasteiger partial charge in [-0.3, -0.25) is 0 Å². The second kappa shape index (κ2) is 4.92. The smallest absolute Gasteiger partial charge is 0.449 e. The lowest BCUT2D eigenvalue weighted by Gasteiger charge is -2.13. The van der Waals surface area contributed by atoms with Gasteiger partial charge in [0.1, 0.15) is 6.61 Å². The lowest BCUT2D eigenvalue weighted by atomic mass is 9.83. The SMILES string of the molecule is O=C(N[C@@H]1C[C@H]1[B-](F)(F)F)OCc1ccccc1. The third-order valence-electron chi connectivity index (χ3n) is 2.84. The molecule has 1 aliphatic carbocycles. The van der Waals surface area contributed by atoms with Crippen LogP contribution in [0.1, 0.15) is 12.0 Å². The minimum atomic E-state index is -4.86. The minimum Gasteiger partial charge on any atom is -0.449 e. The van der Waals surface area contributed by atoms with Crippen LogP contribution >= 0.6 is 0 Å². The van der Waals surface area contributed by atoms with E-state index in [0.717, 1.165) is 5.56 Å². The first-order valence-corrected chi connectivity index (χ1v) is 5.64. The monoisotopic (exact) mass is 258 g/mol. The Kier molecular flexibility index (Phi) is 3.49. The summed E-state index contributed by atoms with van der Waals surface area (Å²) in [5.74, 6) is -1.37. The lowest BCUT2D eigenvalue weighted by molar-refractivity contribution is 0.139. The Morgan fingerprint density at radius 2 is 2.00 bits per heavy atom. The van der Waals surface area contributed by atoms with Crippen molar-refractivity contribution in [2.24, 2.45) is 0 Å². The van der Waals surface area contributed by atoms with Crippen molar-refractivity contribution in [2.45, 2.75) is 24.9 Å². The summed E-state index contributed by atoms with van der Waals surface area (Å²) in [6, 6.07) is 8.13. The summed E-state index contributed by atoms with van der Waals surface area (Å²) in [4.78, 5) is 11.2. The number of hydrogen-bond donors (Lipinski definition) is 1. The van der Waals surface area contributed by atoms with Crippen molar-refractivity contribution in [1.82, 2.24) is 5.32 Å². The maximum absolute atomic E-state index is 12.3. The molecule has 2 rings (SSSR count). The van der Waals surface area contributed by atoms with Crippen molar-refractivity contribution >= 4 is 13.1 Å². The van der Waals surface area contributed by atoms with Crippen LogP contribution in [0.25, 0.3) is 0 Å². The summed E-state index contributed by atoms with van der Waals surface area (Å²) in [5.41, 5.74) is 0.792. The fraction of sp³-hybridized carbons (Fsp3) is 0.364. The zero-order valence-electron chi connectivity index (χ0n) is 9.48. The van der Waals surface area contributed by atoms with Crippen molar-refractivity contribution in [3.8, 4) is 0 Å². The summed E-state index contributed by atoms with van der Waals surface area (Å²) >= 11 is 0. The largest absolute Gasteiger partial charge is 0.483 e. The van der Waals surface area contributed by atoms with Gasteiger partial charge in [-0.05, 0) is 5.56 Å². The summed E-state index contributed by atoms with van der Waals surface area (Å²) in [6.45, 7) is -4.80. The molecule has 0 heterocycles. The second-order valence-corrected chi connectivity index (χ2v) is 4.34. The van der Waals surface area contributed by atoms with Crippen molar-refractivity contribution in [1.29, 1.82) is 0 Å². The van der Waals surface area contributed by atoms with Crippen LogP contribution in [-0.4, -0.2) is 19.1 Å². The predicted octanol–water partition coefficient (Wildman–Crippen LogP) is 2.90. The van der Waals surface area contributed by atoms with Gasteiger partial charge in [-0.15, -0.1) is 0 Å². The van der Waals surface area contributed by atoms with Crippen LogP contribution < -0.4 is 5.32 Å². The molecule has 1 N–H and O–H groups in total. The molecule has 1 amide bonds. The Hall–Kier alpha value is -1.66. The molecular formula is C11H12BF3NO2-. The van der Waals surface area contributed by atoms with Crippen molar-refractivity contribution in [3.05, 3.63) is 35.9 Å². The van der Waals surface area contributed by atoms with Gasteiger partial charge in [-0.1, -0.05) is 42.6 Å². The van der Waals surface area contributed by atoms with Gasteiger partial charge >= 0.3 is 13.1 Å². The van der Waals surface area contributed by atoms with E-state index in [-0.39, 0.29) is 13.0 Å². The molecule has 1 aromatic rings. The fourth-order valence-corrected chi connectivity index (χ4v) is 1.71. The second-order valence-electron chi connectivity index (χ2n) is 4.34. The molecule has 0 unspecified atom stereocenters. The predicted molar refractivity (Wildman–Crippen MR) is 61.0 cm³/mol. The van der Waals surface area contributed by atoms with E-state index in [2.05, 4.69) is 5.32 Å². The highest BCUT2D eigenvalue weighted by Crippen LogP contribution is 2.47. The summed E-state index contributed by atoms with van der Waals surface area (Å²) in [7, 11) is 0. The van der Waals surface area contributed by atoms with Crippen LogP contribution in [-0.2, 0) is 11.3 Å². The highest BCUT2D eigenvalue weighted by Gasteiger charge is 2.51. The number of ether oxygens (including phenoxy) is 1. The maximum atomic E-state index is 12.3. The number of benzene rings is 1. The number of amides is 1. The number of alkyl carbamates (subject to hydrolysis) is 1. The Morgan fingerprint density at radius 3 is 2.56 bits per heavy atom. The fourth-order valence-electron chi connectivity index (χ4n) is 1.71. The van der Waals surface area contributed by atoms with E-state index in [4.69, 9.17) is 4.74 Å². The number of nitrogens with one attached hydrogen (secondary N) is 1. The molecule has 2 atom stereocenters. The van der Waals surface area contributed by atoms with E-state index in [1.54, 1.807) is 24.3 Å². The highest BCUT2D eigenvalue weighted by molar-refractivity contribution is 6.61. The molecule has 1 saturated carbocycles. The summed E-state index contributed by atoms with van der Waals surface area (Å²) in [6.07, 6.45) is -0.837. The van der Waals surface area contributed by atoms with Gasteiger partial charge in [0, 0.05) is 6.04 Å². The third kappa shape index (κ3) is 3.42. The van der Waals surface area contributed by atoms with Gasteiger partial charge < -0.3 is 23.0 Å². The van der Waals surface area contributed by atoms with Gasteiger partial charge in [-0.25, -0.2) is 4.79 Å². The molecule has 0 aliphatic heterocycles. The standard InChI is InChI=1S/C11H12BF3NO2/c13-12(14,15)9-6-10(9)16-11(17)18-7-8-4-2-1-3-5-8/h1-5,9-10H,6-7H2,(H,16,17)/q-1/t9-,10-/m1/s1. The number of hydrogen-bond acceptors (Lipinski definition) is 2. The average Bonchev–Trinajstić information content (AvgIpc) is 3.07. The number of rotatable bonds is 4. The van der Waals surface area contributed by atoms with Gasteiger partial charge in [-0.2, -0.15) is 0 Å². The van der Waals surface area contributed by atoms with Gasteiger partial charge in [0.05, 0.1) is 0 Å².